The Morgan fingerprint density at radius 2 is 1.62 bits per heavy atom. The molecule has 0 aliphatic carbocycles. The van der Waals surface area contributed by atoms with Crippen molar-refractivity contribution in [2.45, 2.75) is 18.7 Å². The van der Waals surface area contributed by atoms with E-state index in [0.717, 1.165) is 15.4 Å². The van der Waals surface area contributed by atoms with Gasteiger partial charge in [-0.05, 0) is 67.4 Å². The van der Waals surface area contributed by atoms with Gasteiger partial charge in [-0.25, -0.2) is 13.2 Å². The number of ether oxygens (including phenoxy) is 1. The van der Waals surface area contributed by atoms with Crippen molar-refractivity contribution in [1.82, 2.24) is 0 Å². The van der Waals surface area contributed by atoms with E-state index < -0.39 is 28.4 Å². The topological polar surface area (TPSA) is 92.8 Å². The monoisotopic (exact) mass is 452 g/mol. The van der Waals surface area contributed by atoms with Crippen LogP contribution in [0, 0.1) is 13.8 Å². The van der Waals surface area contributed by atoms with Gasteiger partial charge in [0.05, 0.1) is 23.3 Å². The van der Waals surface area contributed by atoms with E-state index >= 15 is 0 Å². The summed E-state index contributed by atoms with van der Waals surface area (Å²) in [6.45, 7) is 3.36. The molecular weight excluding hydrogens is 428 g/mol. The molecule has 3 aromatic rings. The lowest BCUT2D eigenvalue weighted by Crippen LogP contribution is -2.38. The summed E-state index contributed by atoms with van der Waals surface area (Å²) in [6, 6.07) is 19.4. The zero-order chi connectivity index (χ0) is 23.3. The minimum atomic E-state index is -4.00. The second kappa shape index (κ2) is 9.65. The number of rotatable bonds is 7. The van der Waals surface area contributed by atoms with E-state index in [2.05, 4.69) is 5.32 Å². The summed E-state index contributed by atoms with van der Waals surface area (Å²) < 4.78 is 32.5. The highest BCUT2D eigenvalue weighted by atomic mass is 32.2. The predicted molar refractivity (Wildman–Crippen MR) is 123 cm³/mol. The Labute approximate surface area is 187 Å². The van der Waals surface area contributed by atoms with Crippen molar-refractivity contribution in [3.05, 3.63) is 89.5 Å². The third-order valence-corrected chi connectivity index (χ3v) is 6.75. The molecule has 0 saturated carbocycles. The number of methoxy groups -OCH3 is 1. The summed E-state index contributed by atoms with van der Waals surface area (Å²) in [7, 11) is -2.73. The molecule has 0 fully saturated rings. The number of amides is 1. The molecule has 1 N–H and O–H groups in total. The van der Waals surface area contributed by atoms with Gasteiger partial charge in [-0.3, -0.25) is 9.10 Å². The number of carbonyl (C=O) groups excluding carboxylic acids is 2. The number of hydrogen-bond acceptors (Lipinski definition) is 5. The van der Waals surface area contributed by atoms with Crippen LogP contribution in [0.5, 0.6) is 0 Å². The first-order chi connectivity index (χ1) is 15.2. The van der Waals surface area contributed by atoms with Gasteiger partial charge >= 0.3 is 5.97 Å². The number of carbonyl (C=O) groups is 2. The van der Waals surface area contributed by atoms with E-state index in [4.69, 9.17) is 4.74 Å². The number of aryl methyl sites for hydroxylation is 2. The highest BCUT2D eigenvalue weighted by molar-refractivity contribution is 7.92. The Kier molecular flexibility index (Phi) is 6.95. The number of hydrogen-bond donors (Lipinski definition) is 1. The van der Waals surface area contributed by atoms with Crippen molar-refractivity contribution in [2.24, 2.45) is 0 Å². The van der Waals surface area contributed by atoms with Gasteiger partial charge in [0.15, 0.2) is 0 Å². The molecule has 3 aromatic carbocycles. The van der Waals surface area contributed by atoms with Gasteiger partial charge in [-0.15, -0.1) is 0 Å². The summed E-state index contributed by atoms with van der Waals surface area (Å²) in [4.78, 5) is 24.7. The summed E-state index contributed by atoms with van der Waals surface area (Å²) in [6.07, 6.45) is 0. The third kappa shape index (κ3) is 5.15. The van der Waals surface area contributed by atoms with Crippen LogP contribution in [0.2, 0.25) is 0 Å². The molecule has 32 heavy (non-hydrogen) atoms. The number of nitrogens with zero attached hydrogens (tertiary/aromatic N) is 1. The number of anilines is 2. The first-order valence-corrected chi connectivity index (χ1v) is 11.3. The average Bonchev–Trinajstić information content (AvgIpc) is 2.79. The molecular formula is C24H24N2O5S. The van der Waals surface area contributed by atoms with E-state index in [0.29, 0.717) is 11.4 Å². The zero-order valence-corrected chi connectivity index (χ0v) is 18.8. The predicted octanol–water partition coefficient (Wildman–Crippen LogP) is 3.92. The van der Waals surface area contributed by atoms with Crippen molar-refractivity contribution in [3.8, 4) is 0 Å². The van der Waals surface area contributed by atoms with Crippen molar-refractivity contribution >= 4 is 33.3 Å². The lowest BCUT2D eigenvalue weighted by Gasteiger charge is -2.25. The lowest BCUT2D eigenvalue weighted by molar-refractivity contribution is -0.114. The molecule has 1 amide bonds. The maximum atomic E-state index is 13.4. The molecule has 0 heterocycles. The number of sulfonamides is 1. The maximum Gasteiger partial charge on any atom is 0.337 e. The van der Waals surface area contributed by atoms with Crippen molar-refractivity contribution in [2.75, 3.05) is 23.3 Å². The minimum absolute atomic E-state index is 0.0821. The van der Waals surface area contributed by atoms with Gasteiger partial charge in [0.1, 0.15) is 6.54 Å². The molecule has 0 bridgehead atoms. The fraction of sp³-hybridized carbons (Fsp3) is 0.167. The summed E-state index contributed by atoms with van der Waals surface area (Å²) in [5.41, 5.74) is 2.93. The van der Waals surface area contributed by atoms with Crippen LogP contribution in [-0.2, 0) is 19.6 Å². The van der Waals surface area contributed by atoms with E-state index in [1.54, 1.807) is 48.5 Å². The third-order valence-electron chi connectivity index (χ3n) is 4.96. The van der Waals surface area contributed by atoms with E-state index in [9.17, 15) is 18.0 Å². The molecule has 0 saturated heterocycles. The first kappa shape index (κ1) is 23.0. The fourth-order valence-corrected chi connectivity index (χ4v) is 4.52. The van der Waals surface area contributed by atoms with Gasteiger partial charge in [0.25, 0.3) is 10.0 Å². The molecule has 0 aliphatic rings. The van der Waals surface area contributed by atoms with Crippen molar-refractivity contribution in [3.63, 3.8) is 0 Å². The largest absolute Gasteiger partial charge is 0.465 e. The summed E-state index contributed by atoms with van der Waals surface area (Å²) in [5, 5.41) is 2.66. The standard InChI is InChI=1S/C24H24N2O5S/c1-17-12-13-21(14-18(17)2)26(32(29,30)22-10-5-4-6-11-22)16-23(27)25-20-9-7-8-19(15-20)24(28)31-3/h4-15H,16H2,1-3H3,(H,25,27). The lowest BCUT2D eigenvalue weighted by atomic mass is 10.1. The Morgan fingerprint density at radius 3 is 2.28 bits per heavy atom. The summed E-state index contributed by atoms with van der Waals surface area (Å²) >= 11 is 0. The quantitative estimate of drug-likeness (QED) is 0.549. The van der Waals surface area contributed by atoms with Crippen molar-refractivity contribution in [1.29, 1.82) is 0 Å². The van der Waals surface area contributed by atoms with Crippen LogP contribution in [0.15, 0.2) is 77.7 Å². The second-order valence-corrected chi connectivity index (χ2v) is 9.08. The number of nitrogens with one attached hydrogen (secondary N) is 1. The van der Waals surface area contributed by atoms with Crippen LogP contribution >= 0.6 is 0 Å². The molecule has 0 aromatic heterocycles. The van der Waals surface area contributed by atoms with Gasteiger partial charge in [-0.2, -0.15) is 0 Å². The van der Waals surface area contributed by atoms with E-state index in [-0.39, 0.29) is 10.5 Å². The average molecular weight is 453 g/mol. The molecule has 7 nitrogen and oxygen atoms in total. The van der Waals surface area contributed by atoms with Crippen molar-refractivity contribution < 1.29 is 22.7 Å². The molecule has 0 atom stereocenters. The molecule has 8 heteroatoms. The molecule has 166 valence electrons. The van der Waals surface area contributed by atoms with E-state index in [1.165, 1.54) is 25.3 Å². The Balaban J connectivity index is 1.93. The first-order valence-electron chi connectivity index (χ1n) is 9.85. The van der Waals surface area contributed by atoms with Crippen LogP contribution in [0.25, 0.3) is 0 Å². The van der Waals surface area contributed by atoms with Crippen LogP contribution in [0.1, 0.15) is 21.5 Å². The van der Waals surface area contributed by atoms with Gasteiger partial charge in [-0.1, -0.05) is 30.3 Å². The van der Waals surface area contributed by atoms with Gasteiger partial charge in [0.2, 0.25) is 5.91 Å². The highest BCUT2D eigenvalue weighted by Crippen LogP contribution is 2.26. The van der Waals surface area contributed by atoms with Crippen LogP contribution < -0.4 is 9.62 Å². The highest BCUT2D eigenvalue weighted by Gasteiger charge is 2.27. The Bertz CT molecular complexity index is 1240. The Morgan fingerprint density at radius 1 is 0.906 bits per heavy atom. The maximum absolute atomic E-state index is 13.4. The SMILES string of the molecule is COC(=O)c1cccc(NC(=O)CN(c2ccc(C)c(C)c2)S(=O)(=O)c2ccccc2)c1. The normalized spacial score (nSPS) is 11.0. The second-order valence-electron chi connectivity index (χ2n) is 7.21. The smallest absolute Gasteiger partial charge is 0.337 e. The minimum Gasteiger partial charge on any atom is -0.465 e. The molecule has 0 spiro atoms. The molecule has 0 radical (unpaired) electrons. The van der Waals surface area contributed by atoms with Gasteiger partial charge < -0.3 is 10.1 Å². The number of esters is 1. The fourth-order valence-electron chi connectivity index (χ4n) is 3.09. The van der Waals surface area contributed by atoms with Crippen LogP contribution in [0.3, 0.4) is 0 Å². The number of benzene rings is 3. The molecule has 3 rings (SSSR count). The van der Waals surface area contributed by atoms with Crippen LogP contribution in [-0.4, -0.2) is 33.9 Å². The van der Waals surface area contributed by atoms with Gasteiger partial charge in [0, 0.05) is 5.69 Å². The summed E-state index contributed by atoms with van der Waals surface area (Å²) in [5.74, 6) is -1.09. The zero-order valence-electron chi connectivity index (χ0n) is 18.0. The van der Waals surface area contributed by atoms with E-state index in [1.807, 2.05) is 19.9 Å². The van der Waals surface area contributed by atoms with Crippen LogP contribution in [0.4, 0.5) is 11.4 Å². The Hall–Kier alpha value is -3.65. The molecule has 0 aliphatic heterocycles. The molecule has 0 unspecified atom stereocenters.